The molecule has 2 aromatic rings. The lowest BCUT2D eigenvalue weighted by atomic mass is 10.0. The zero-order valence-corrected chi connectivity index (χ0v) is 12.4. The van der Waals surface area contributed by atoms with E-state index in [1.54, 1.807) is 24.3 Å². The van der Waals surface area contributed by atoms with E-state index in [1.807, 2.05) is 18.2 Å². The number of hydrogen-bond donors (Lipinski definition) is 0. The fourth-order valence-electron chi connectivity index (χ4n) is 1.59. The molecular formula is C14H9BrCl2O. The number of rotatable bonds is 3. The lowest BCUT2D eigenvalue weighted by Gasteiger charge is -2.05. The number of carbonyl (C=O) groups is 1. The van der Waals surface area contributed by atoms with Gasteiger partial charge in [-0.25, -0.2) is 0 Å². The van der Waals surface area contributed by atoms with E-state index in [1.165, 1.54) is 0 Å². The molecule has 0 unspecified atom stereocenters. The minimum Gasteiger partial charge on any atom is -0.294 e. The fourth-order valence-corrected chi connectivity index (χ4v) is 2.22. The van der Waals surface area contributed by atoms with Crippen LogP contribution in [0.4, 0.5) is 0 Å². The quantitative estimate of drug-likeness (QED) is 0.701. The van der Waals surface area contributed by atoms with E-state index in [0.717, 1.165) is 10.0 Å². The second kappa shape index (κ2) is 5.87. The van der Waals surface area contributed by atoms with Gasteiger partial charge in [-0.2, -0.15) is 0 Å². The number of carbonyl (C=O) groups excluding carboxylic acids is 1. The van der Waals surface area contributed by atoms with Crippen molar-refractivity contribution in [2.75, 3.05) is 0 Å². The first-order valence-electron chi connectivity index (χ1n) is 5.29. The number of Topliss-reactive ketones (excluding diaryl/α,β-unsaturated/α-hetero) is 1. The molecule has 0 aliphatic heterocycles. The number of ketones is 1. The second-order valence-corrected chi connectivity index (χ2v) is 5.49. The average molecular weight is 344 g/mol. The van der Waals surface area contributed by atoms with Gasteiger partial charge in [0.25, 0.3) is 0 Å². The Bertz CT molecular complexity index is 596. The van der Waals surface area contributed by atoms with E-state index in [-0.39, 0.29) is 12.2 Å². The molecule has 4 heteroatoms. The van der Waals surface area contributed by atoms with Gasteiger partial charge in [0.2, 0.25) is 0 Å². The molecule has 2 aromatic carbocycles. The van der Waals surface area contributed by atoms with E-state index >= 15 is 0 Å². The molecule has 0 heterocycles. The summed E-state index contributed by atoms with van der Waals surface area (Å²) in [5.41, 5.74) is 1.41. The summed E-state index contributed by atoms with van der Waals surface area (Å²) in [4.78, 5) is 12.1. The van der Waals surface area contributed by atoms with Gasteiger partial charge >= 0.3 is 0 Å². The zero-order chi connectivity index (χ0) is 13.1. The molecule has 0 amide bonds. The predicted octanol–water partition coefficient (Wildman–Crippen LogP) is 5.18. The monoisotopic (exact) mass is 342 g/mol. The lowest BCUT2D eigenvalue weighted by Crippen LogP contribution is -2.04. The first-order valence-corrected chi connectivity index (χ1v) is 6.84. The smallest absolute Gasteiger partial charge is 0.167 e. The third-order valence-corrected chi connectivity index (χ3v) is 4.15. The highest BCUT2D eigenvalue weighted by Crippen LogP contribution is 2.24. The summed E-state index contributed by atoms with van der Waals surface area (Å²) >= 11 is 15.3. The van der Waals surface area contributed by atoms with Gasteiger partial charge in [0, 0.05) is 21.5 Å². The Morgan fingerprint density at radius 1 is 1.06 bits per heavy atom. The third-order valence-electron chi connectivity index (χ3n) is 2.55. The Morgan fingerprint density at radius 2 is 1.78 bits per heavy atom. The highest BCUT2D eigenvalue weighted by Gasteiger charge is 2.10. The van der Waals surface area contributed by atoms with Crippen LogP contribution >= 0.6 is 39.1 Å². The first-order chi connectivity index (χ1) is 8.58. The van der Waals surface area contributed by atoms with Crippen LogP contribution in [-0.2, 0) is 6.42 Å². The molecule has 0 bridgehead atoms. The van der Waals surface area contributed by atoms with Crippen molar-refractivity contribution in [3.63, 3.8) is 0 Å². The van der Waals surface area contributed by atoms with Crippen LogP contribution in [0.3, 0.4) is 0 Å². The predicted molar refractivity (Wildman–Crippen MR) is 78.6 cm³/mol. The second-order valence-electron chi connectivity index (χ2n) is 3.82. The largest absolute Gasteiger partial charge is 0.294 e. The molecule has 0 aliphatic carbocycles. The van der Waals surface area contributed by atoms with E-state index < -0.39 is 0 Å². The van der Waals surface area contributed by atoms with Gasteiger partial charge in [0.05, 0.1) is 5.02 Å². The van der Waals surface area contributed by atoms with Gasteiger partial charge in [-0.15, -0.1) is 0 Å². The van der Waals surface area contributed by atoms with Crippen LogP contribution in [-0.4, -0.2) is 5.78 Å². The van der Waals surface area contributed by atoms with E-state index in [2.05, 4.69) is 15.9 Å². The molecule has 0 saturated heterocycles. The molecule has 0 spiro atoms. The Balaban J connectivity index is 2.22. The van der Waals surface area contributed by atoms with Crippen molar-refractivity contribution in [1.82, 2.24) is 0 Å². The Labute approximate surface area is 124 Å². The van der Waals surface area contributed by atoms with Crippen molar-refractivity contribution in [2.24, 2.45) is 0 Å². The molecule has 1 nitrogen and oxygen atoms in total. The topological polar surface area (TPSA) is 17.1 Å². The molecule has 0 aromatic heterocycles. The van der Waals surface area contributed by atoms with Crippen LogP contribution in [0.15, 0.2) is 46.9 Å². The van der Waals surface area contributed by atoms with Crippen molar-refractivity contribution in [3.8, 4) is 0 Å². The van der Waals surface area contributed by atoms with Gasteiger partial charge in [0.15, 0.2) is 5.78 Å². The molecular weight excluding hydrogens is 335 g/mol. The maximum atomic E-state index is 12.1. The fraction of sp³-hybridized carbons (Fsp3) is 0.0714. The summed E-state index contributed by atoms with van der Waals surface area (Å²) in [6, 6.07) is 12.5. The van der Waals surface area contributed by atoms with Crippen molar-refractivity contribution in [2.45, 2.75) is 6.42 Å². The Hall–Kier alpha value is -0.830. The van der Waals surface area contributed by atoms with Crippen molar-refractivity contribution >= 4 is 44.9 Å². The minimum absolute atomic E-state index is 0.00231. The highest BCUT2D eigenvalue weighted by atomic mass is 79.9. The maximum Gasteiger partial charge on any atom is 0.167 e. The van der Waals surface area contributed by atoms with Gasteiger partial charge in [-0.3, -0.25) is 4.79 Å². The summed E-state index contributed by atoms with van der Waals surface area (Å²) in [6.45, 7) is 0. The summed E-state index contributed by atoms with van der Waals surface area (Å²) in [5.74, 6) is -0.00231. The molecule has 0 aliphatic rings. The molecule has 0 N–H and O–H groups in total. The van der Waals surface area contributed by atoms with Crippen LogP contribution in [0.1, 0.15) is 15.9 Å². The third kappa shape index (κ3) is 3.14. The SMILES string of the molecule is O=C(Cc1ccccc1Cl)c1ccc(Br)c(Cl)c1. The Morgan fingerprint density at radius 3 is 2.44 bits per heavy atom. The maximum absolute atomic E-state index is 12.1. The molecule has 0 radical (unpaired) electrons. The molecule has 92 valence electrons. The summed E-state index contributed by atoms with van der Waals surface area (Å²) < 4.78 is 0.776. The van der Waals surface area contributed by atoms with Gasteiger partial charge in [-0.05, 0) is 39.7 Å². The molecule has 2 rings (SSSR count). The van der Waals surface area contributed by atoms with E-state index in [9.17, 15) is 4.79 Å². The van der Waals surface area contributed by atoms with Gasteiger partial charge in [-0.1, -0.05) is 47.5 Å². The van der Waals surface area contributed by atoms with Gasteiger partial charge in [0.1, 0.15) is 0 Å². The van der Waals surface area contributed by atoms with E-state index in [0.29, 0.717) is 15.6 Å². The average Bonchev–Trinajstić information content (AvgIpc) is 2.35. The first kappa shape index (κ1) is 13.6. The number of hydrogen-bond acceptors (Lipinski definition) is 1. The minimum atomic E-state index is -0.00231. The summed E-state index contributed by atoms with van der Waals surface area (Å²) in [5, 5.41) is 1.13. The highest BCUT2D eigenvalue weighted by molar-refractivity contribution is 9.10. The standard InChI is InChI=1S/C14H9BrCl2O/c15-11-6-5-10(7-13(11)17)14(18)8-9-3-1-2-4-12(9)16/h1-7H,8H2. The Kier molecular flexibility index (Phi) is 4.44. The number of benzene rings is 2. The number of halogens is 3. The zero-order valence-electron chi connectivity index (χ0n) is 9.29. The molecule has 18 heavy (non-hydrogen) atoms. The molecule has 0 fully saturated rings. The normalized spacial score (nSPS) is 10.4. The molecule has 0 atom stereocenters. The van der Waals surface area contributed by atoms with E-state index in [4.69, 9.17) is 23.2 Å². The molecule has 0 saturated carbocycles. The van der Waals surface area contributed by atoms with Crippen LogP contribution in [0.25, 0.3) is 0 Å². The van der Waals surface area contributed by atoms with Crippen LogP contribution in [0, 0.1) is 0 Å². The van der Waals surface area contributed by atoms with Gasteiger partial charge < -0.3 is 0 Å². The lowest BCUT2D eigenvalue weighted by molar-refractivity contribution is 0.0993. The van der Waals surface area contributed by atoms with Crippen molar-refractivity contribution in [1.29, 1.82) is 0 Å². The van der Waals surface area contributed by atoms with Crippen LogP contribution in [0.5, 0.6) is 0 Å². The van der Waals surface area contributed by atoms with Crippen molar-refractivity contribution < 1.29 is 4.79 Å². The van der Waals surface area contributed by atoms with Crippen LogP contribution < -0.4 is 0 Å². The summed E-state index contributed by atoms with van der Waals surface area (Å²) in [6.07, 6.45) is 0.275. The van der Waals surface area contributed by atoms with Crippen LogP contribution in [0.2, 0.25) is 10.0 Å². The summed E-state index contributed by atoms with van der Waals surface area (Å²) in [7, 11) is 0. The van der Waals surface area contributed by atoms with Crippen molar-refractivity contribution in [3.05, 3.63) is 68.1 Å².